The highest BCUT2D eigenvalue weighted by atomic mass is 79.9. The molecule has 2 rings (SSSR count). The second-order valence-electron chi connectivity index (χ2n) is 5.11. The Bertz CT molecular complexity index is 387. The first-order chi connectivity index (χ1) is 9.13. The molecule has 1 fully saturated rings. The number of rotatable bonds is 5. The topological polar surface area (TPSA) is 18.5 Å². The first-order valence-electron chi connectivity index (χ1n) is 6.70. The van der Waals surface area contributed by atoms with Gasteiger partial charge in [0.2, 0.25) is 0 Å². The fraction of sp³-hybridized carbons (Fsp3) is 0.571. The highest BCUT2D eigenvalue weighted by Crippen LogP contribution is 2.16. The number of nitrogens with one attached hydrogen (secondary N) is 1. The number of piperazine rings is 1. The molecule has 106 valence electrons. The third-order valence-electron chi connectivity index (χ3n) is 3.38. The van der Waals surface area contributed by atoms with Crippen molar-refractivity contribution >= 4 is 15.9 Å². The van der Waals surface area contributed by atoms with E-state index in [9.17, 15) is 4.39 Å². The lowest BCUT2D eigenvalue weighted by atomic mass is 10.2. The molecule has 19 heavy (non-hydrogen) atoms. The summed E-state index contributed by atoms with van der Waals surface area (Å²) in [6.07, 6.45) is 0. The van der Waals surface area contributed by atoms with Crippen LogP contribution in [0.15, 0.2) is 22.7 Å². The Kier molecular flexibility index (Phi) is 5.76. The van der Waals surface area contributed by atoms with Crippen molar-refractivity contribution < 1.29 is 4.39 Å². The zero-order valence-corrected chi connectivity index (χ0v) is 12.9. The molecule has 0 atom stereocenters. The maximum absolute atomic E-state index is 13.3. The van der Waals surface area contributed by atoms with Crippen LogP contribution >= 0.6 is 15.9 Å². The molecule has 0 amide bonds. The Morgan fingerprint density at radius 2 is 2.05 bits per heavy atom. The van der Waals surface area contributed by atoms with Crippen molar-refractivity contribution in [3.05, 3.63) is 34.1 Å². The second-order valence-corrected chi connectivity index (χ2v) is 6.02. The maximum atomic E-state index is 13.3. The molecule has 3 nitrogen and oxygen atoms in total. The average Bonchev–Trinajstić information content (AvgIpc) is 2.36. The van der Waals surface area contributed by atoms with E-state index < -0.39 is 0 Å². The summed E-state index contributed by atoms with van der Waals surface area (Å²) in [7, 11) is 2.08. The number of hydrogen-bond acceptors (Lipinski definition) is 3. The van der Waals surface area contributed by atoms with Gasteiger partial charge in [-0.2, -0.15) is 0 Å². The van der Waals surface area contributed by atoms with Gasteiger partial charge in [0.05, 0.1) is 0 Å². The SMILES string of the molecule is CN(CCN1CCNCC1)Cc1cc(F)cc(Br)c1. The van der Waals surface area contributed by atoms with Crippen molar-refractivity contribution in [1.29, 1.82) is 0 Å². The lowest BCUT2D eigenvalue weighted by Crippen LogP contribution is -2.45. The van der Waals surface area contributed by atoms with E-state index >= 15 is 0 Å². The fourth-order valence-electron chi connectivity index (χ4n) is 2.34. The Balaban J connectivity index is 1.78. The van der Waals surface area contributed by atoms with Gasteiger partial charge in [0.15, 0.2) is 0 Å². The molecule has 1 aromatic rings. The van der Waals surface area contributed by atoms with Gasteiger partial charge in [-0.25, -0.2) is 4.39 Å². The summed E-state index contributed by atoms with van der Waals surface area (Å²) < 4.78 is 14.1. The first-order valence-corrected chi connectivity index (χ1v) is 7.49. The van der Waals surface area contributed by atoms with Gasteiger partial charge in [-0.3, -0.25) is 4.90 Å². The lowest BCUT2D eigenvalue weighted by Gasteiger charge is -2.29. The number of likely N-dealkylation sites (N-methyl/N-ethyl adjacent to an activating group) is 1. The van der Waals surface area contributed by atoms with Gasteiger partial charge in [-0.05, 0) is 30.8 Å². The van der Waals surface area contributed by atoms with Crippen LogP contribution in [0, 0.1) is 5.82 Å². The lowest BCUT2D eigenvalue weighted by molar-refractivity contribution is 0.202. The molecule has 0 radical (unpaired) electrons. The van der Waals surface area contributed by atoms with Crippen molar-refractivity contribution in [3.63, 3.8) is 0 Å². The van der Waals surface area contributed by atoms with Crippen molar-refractivity contribution in [3.8, 4) is 0 Å². The molecule has 0 aliphatic carbocycles. The highest BCUT2D eigenvalue weighted by molar-refractivity contribution is 9.10. The minimum atomic E-state index is -0.181. The predicted molar refractivity (Wildman–Crippen MR) is 79.7 cm³/mol. The Hall–Kier alpha value is -0.490. The van der Waals surface area contributed by atoms with Crippen LogP contribution < -0.4 is 5.32 Å². The third-order valence-corrected chi connectivity index (χ3v) is 3.84. The molecule has 1 aliphatic rings. The summed E-state index contributed by atoms with van der Waals surface area (Å²) in [6.45, 7) is 7.28. The van der Waals surface area contributed by atoms with Crippen LogP contribution in [0.4, 0.5) is 4.39 Å². The number of benzene rings is 1. The summed E-state index contributed by atoms with van der Waals surface area (Å²) >= 11 is 3.33. The average molecular weight is 330 g/mol. The molecule has 1 heterocycles. The monoisotopic (exact) mass is 329 g/mol. The largest absolute Gasteiger partial charge is 0.314 e. The molecule has 1 N–H and O–H groups in total. The first kappa shape index (κ1) is 14.9. The zero-order valence-electron chi connectivity index (χ0n) is 11.3. The molecule has 0 bridgehead atoms. The van der Waals surface area contributed by atoms with Gasteiger partial charge >= 0.3 is 0 Å². The highest BCUT2D eigenvalue weighted by Gasteiger charge is 2.10. The summed E-state index contributed by atoms with van der Waals surface area (Å²) in [5.74, 6) is -0.181. The quantitative estimate of drug-likeness (QED) is 0.890. The van der Waals surface area contributed by atoms with Crippen molar-refractivity contribution in [2.45, 2.75) is 6.54 Å². The molecule has 1 aromatic carbocycles. The smallest absolute Gasteiger partial charge is 0.124 e. The van der Waals surface area contributed by atoms with E-state index in [-0.39, 0.29) is 5.82 Å². The third kappa shape index (κ3) is 5.18. The molecule has 1 saturated heterocycles. The summed E-state index contributed by atoms with van der Waals surface area (Å²) in [5.41, 5.74) is 1.01. The van der Waals surface area contributed by atoms with E-state index in [1.54, 1.807) is 6.07 Å². The van der Waals surface area contributed by atoms with Gasteiger partial charge in [0.25, 0.3) is 0 Å². The standard InChI is InChI=1S/C14H21BrFN3/c1-18(6-7-19-4-2-17-3-5-19)11-12-8-13(15)10-14(16)9-12/h8-10,17H,2-7,11H2,1H3. The van der Waals surface area contributed by atoms with Crippen LogP contribution in [0.5, 0.6) is 0 Å². The Morgan fingerprint density at radius 1 is 1.32 bits per heavy atom. The minimum absolute atomic E-state index is 0.181. The van der Waals surface area contributed by atoms with E-state index in [4.69, 9.17) is 0 Å². The number of nitrogens with zero attached hydrogens (tertiary/aromatic N) is 2. The van der Waals surface area contributed by atoms with Gasteiger partial charge in [-0.1, -0.05) is 15.9 Å². The molecule has 0 unspecified atom stereocenters. The van der Waals surface area contributed by atoms with E-state index in [1.807, 2.05) is 6.07 Å². The zero-order chi connectivity index (χ0) is 13.7. The minimum Gasteiger partial charge on any atom is -0.314 e. The van der Waals surface area contributed by atoms with Crippen LogP contribution in [0.25, 0.3) is 0 Å². The molecular weight excluding hydrogens is 309 g/mol. The molecule has 0 spiro atoms. The van der Waals surface area contributed by atoms with Crippen molar-refractivity contribution in [2.75, 3.05) is 46.3 Å². The van der Waals surface area contributed by atoms with Gasteiger partial charge in [0.1, 0.15) is 5.82 Å². The summed E-state index contributed by atoms with van der Waals surface area (Å²) in [4.78, 5) is 4.71. The Labute approximate surface area is 122 Å². The maximum Gasteiger partial charge on any atom is 0.124 e. The van der Waals surface area contributed by atoms with E-state index in [0.717, 1.165) is 55.8 Å². The summed E-state index contributed by atoms with van der Waals surface area (Å²) in [5, 5.41) is 3.35. The van der Waals surface area contributed by atoms with Crippen molar-refractivity contribution in [1.82, 2.24) is 15.1 Å². The molecular formula is C14H21BrFN3. The molecule has 1 aliphatic heterocycles. The summed E-state index contributed by atoms with van der Waals surface area (Å²) in [6, 6.07) is 5.07. The van der Waals surface area contributed by atoms with Gasteiger partial charge in [0, 0.05) is 50.3 Å². The van der Waals surface area contributed by atoms with Crippen LogP contribution in [0.2, 0.25) is 0 Å². The Morgan fingerprint density at radius 3 is 2.74 bits per heavy atom. The molecule has 0 saturated carbocycles. The predicted octanol–water partition coefficient (Wildman–Crippen LogP) is 1.93. The van der Waals surface area contributed by atoms with Crippen molar-refractivity contribution in [2.24, 2.45) is 0 Å². The number of halogens is 2. The van der Waals surface area contributed by atoms with E-state index in [0.29, 0.717) is 0 Å². The number of hydrogen-bond donors (Lipinski definition) is 1. The van der Waals surface area contributed by atoms with Gasteiger partial charge in [-0.15, -0.1) is 0 Å². The normalized spacial score (nSPS) is 17.1. The molecule has 0 aromatic heterocycles. The van der Waals surface area contributed by atoms with E-state index in [1.165, 1.54) is 6.07 Å². The fourth-order valence-corrected chi connectivity index (χ4v) is 2.85. The van der Waals surface area contributed by atoms with Crippen LogP contribution in [0.1, 0.15) is 5.56 Å². The van der Waals surface area contributed by atoms with Gasteiger partial charge < -0.3 is 10.2 Å². The van der Waals surface area contributed by atoms with Crippen LogP contribution in [-0.2, 0) is 6.54 Å². The molecule has 5 heteroatoms. The second kappa shape index (κ2) is 7.33. The van der Waals surface area contributed by atoms with Crippen LogP contribution in [-0.4, -0.2) is 56.1 Å². The van der Waals surface area contributed by atoms with Crippen LogP contribution in [0.3, 0.4) is 0 Å². The van der Waals surface area contributed by atoms with E-state index in [2.05, 4.69) is 38.1 Å².